The van der Waals surface area contributed by atoms with Gasteiger partial charge in [0.15, 0.2) is 0 Å². The van der Waals surface area contributed by atoms with Gasteiger partial charge in [0.25, 0.3) is 0 Å². The molecule has 0 amide bonds. The molecule has 0 bridgehead atoms. The lowest BCUT2D eigenvalue weighted by Crippen LogP contribution is -2.41. The fraction of sp³-hybridized carbons (Fsp3) is 0.909. The number of thioether (sulfide) groups is 1. The largest absolute Gasteiger partial charge is 0.469 e. The molecule has 2 unspecified atom stereocenters. The standard InChI is InChI=1S/C11H21NO2S/c1-4-10-8-12(5-6-15-10)7-9(2)11(13)14-3/h9-10H,4-8H2,1-3H3. The third kappa shape index (κ3) is 4.03. The first kappa shape index (κ1) is 12.8. The summed E-state index contributed by atoms with van der Waals surface area (Å²) in [6.07, 6.45) is 1.22. The Kier molecular flexibility index (Phi) is 5.47. The van der Waals surface area contributed by atoms with Crippen molar-refractivity contribution in [3.8, 4) is 0 Å². The minimum Gasteiger partial charge on any atom is -0.469 e. The predicted octanol–water partition coefficient (Wildman–Crippen LogP) is 1.62. The molecule has 1 heterocycles. The topological polar surface area (TPSA) is 29.5 Å². The highest BCUT2D eigenvalue weighted by atomic mass is 32.2. The van der Waals surface area contributed by atoms with Crippen LogP contribution in [0.15, 0.2) is 0 Å². The van der Waals surface area contributed by atoms with Crippen molar-refractivity contribution in [3.05, 3.63) is 0 Å². The van der Waals surface area contributed by atoms with E-state index in [1.807, 2.05) is 6.92 Å². The fourth-order valence-electron chi connectivity index (χ4n) is 1.86. The molecule has 15 heavy (non-hydrogen) atoms. The Morgan fingerprint density at radius 3 is 3.00 bits per heavy atom. The third-order valence-electron chi connectivity index (χ3n) is 2.81. The molecule has 88 valence electrons. The maximum absolute atomic E-state index is 11.3. The highest BCUT2D eigenvalue weighted by Gasteiger charge is 2.23. The van der Waals surface area contributed by atoms with Crippen LogP contribution in [0.1, 0.15) is 20.3 Å². The summed E-state index contributed by atoms with van der Waals surface area (Å²) in [6, 6.07) is 0. The Labute approximate surface area is 96.5 Å². The summed E-state index contributed by atoms with van der Waals surface area (Å²) in [4.78, 5) is 13.7. The van der Waals surface area contributed by atoms with Gasteiger partial charge in [-0.05, 0) is 6.42 Å². The average Bonchev–Trinajstić information content (AvgIpc) is 2.28. The van der Waals surface area contributed by atoms with Crippen LogP contribution in [0.3, 0.4) is 0 Å². The molecule has 0 aromatic carbocycles. The van der Waals surface area contributed by atoms with Crippen LogP contribution in [0.4, 0.5) is 0 Å². The van der Waals surface area contributed by atoms with Gasteiger partial charge in [0.1, 0.15) is 0 Å². The molecule has 0 N–H and O–H groups in total. The molecule has 2 atom stereocenters. The third-order valence-corrected chi connectivity index (χ3v) is 4.19. The Morgan fingerprint density at radius 2 is 2.40 bits per heavy atom. The number of ether oxygens (including phenoxy) is 1. The van der Waals surface area contributed by atoms with Crippen molar-refractivity contribution in [3.63, 3.8) is 0 Å². The van der Waals surface area contributed by atoms with Crippen molar-refractivity contribution < 1.29 is 9.53 Å². The van der Waals surface area contributed by atoms with Crippen LogP contribution >= 0.6 is 11.8 Å². The molecule has 0 aliphatic carbocycles. The molecular formula is C11H21NO2S. The average molecular weight is 231 g/mol. The first-order valence-corrected chi connectivity index (χ1v) is 6.64. The van der Waals surface area contributed by atoms with Crippen LogP contribution < -0.4 is 0 Å². The zero-order valence-corrected chi connectivity index (χ0v) is 10.7. The van der Waals surface area contributed by atoms with Crippen LogP contribution in [-0.4, -0.2) is 48.6 Å². The number of hydrogen-bond acceptors (Lipinski definition) is 4. The highest BCUT2D eigenvalue weighted by Crippen LogP contribution is 2.21. The second kappa shape index (κ2) is 6.38. The number of rotatable bonds is 4. The van der Waals surface area contributed by atoms with Gasteiger partial charge in [-0.2, -0.15) is 11.8 Å². The van der Waals surface area contributed by atoms with Gasteiger partial charge in [0.2, 0.25) is 0 Å². The van der Waals surface area contributed by atoms with Crippen molar-refractivity contribution in [2.24, 2.45) is 5.92 Å². The Balaban J connectivity index is 2.34. The molecule has 3 nitrogen and oxygen atoms in total. The SMILES string of the molecule is CCC1CN(CC(C)C(=O)OC)CCS1. The van der Waals surface area contributed by atoms with Gasteiger partial charge < -0.3 is 9.64 Å². The Bertz CT molecular complexity index is 211. The normalized spacial score (nSPS) is 24.9. The summed E-state index contributed by atoms with van der Waals surface area (Å²) in [6.45, 7) is 7.22. The number of hydrogen-bond donors (Lipinski definition) is 0. The Morgan fingerprint density at radius 1 is 1.67 bits per heavy atom. The molecule has 1 rings (SSSR count). The van der Waals surface area contributed by atoms with Crippen LogP contribution in [0, 0.1) is 5.92 Å². The van der Waals surface area contributed by atoms with E-state index in [9.17, 15) is 4.79 Å². The smallest absolute Gasteiger partial charge is 0.309 e. The van der Waals surface area contributed by atoms with Gasteiger partial charge in [-0.1, -0.05) is 13.8 Å². The molecule has 1 saturated heterocycles. The summed E-state index contributed by atoms with van der Waals surface area (Å²) in [7, 11) is 1.46. The lowest BCUT2D eigenvalue weighted by molar-refractivity contribution is -0.145. The monoisotopic (exact) mass is 231 g/mol. The molecule has 0 saturated carbocycles. The molecule has 0 aromatic rings. The van der Waals surface area contributed by atoms with E-state index in [4.69, 9.17) is 4.74 Å². The number of methoxy groups -OCH3 is 1. The van der Waals surface area contributed by atoms with Gasteiger partial charge in [-0.15, -0.1) is 0 Å². The first-order chi connectivity index (χ1) is 7.17. The molecule has 0 radical (unpaired) electrons. The lowest BCUT2D eigenvalue weighted by Gasteiger charge is -2.32. The molecule has 1 aliphatic rings. The van der Waals surface area contributed by atoms with Crippen molar-refractivity contribution in [2.75, 3.05) is 32.5 Å². The van der Waals surface area contributed by atoms with Crippen LogP contribution in [0.5, 0.6) is 0 Å². The second-order valence-electron chi connectivity index (χ2n) is 4.08. The number of nitrogens with zero attached hydrogens (tertiary/aromatic N) is 1. The molecule has 0 aromatic heterocycles. The van der Waals surface area contributed by atoms with Gasteiger partial charge >= 0.3 is 5.97 Å². The molecule has 4 heteroatoms. The summed E-state index contributed by atoms with van der Waals surface area (Å²) >= 11 is 2.05. The first-order valence-electron chi connectivity index (χ1n) is 5.59. The van der Waals surface area contributed by atoms with Crippen molar-refractivity contribution in [1.29, 1.82) is 0 Å². The Hall–Kier alpha value is -0.220. The van der Waals surface area contributed by atoms with Gasteiger partial charge in [-0.3, -0.25) is 4.79 Å². The van der Waals surface area contributed by atoms with E-state index in [1.165, 1.54) is 19.3 Å². The second-order valence-corrected chi connectivity index (χ2v) is 5.49. The van der Waals surface area contributed by atoms with Crippen molar-refractivity contribution in [1.82, 2.24) is 4.90 Å². The zero-order valence-electron chi connectivity index (χ0n) is 9.86. The summed E-state index contributed by atoms with van der Waals surface area (Å²) in [5.74, 6) is 1.09. The lowest BCUT2D eigenvalue weighted by atomic mass is 10.1. The number of esters is 1. The van der Waals surface area contributed by atoms with Crippen LogP contribution in [0.2, 0.25) is 0 Å². The van der Waals surface area contributed by atoms with E-state index >= 15 is 0 Å². The van der Waals surface area contributed by atoms with Gasteiger partial charge in [0.05, 0.1) is 13.0 Å². The summed E-state index contributed by atoms with van der Waals surface area (Å²) in [5, 5.41) is 0.739. The predicted molar refractivity (Wildman–Crippen MR) is 64.2 cm³/mol. The van der Waals surface area contributed by atoms with Crippen LogP contribution in [-0.2, 0) is 9.53 Å². The fourth-order valence-corrected chi connectivity index (χ4v) is 3.11. The van der Waals surface area contributed by atoms with Crippen LogP contribution in [0.25, 0.3) is 0 Å². The summed E-state index contributed by atoms with van der Waals surface area (Å²) in [5.41, 5.74) is 0. The molecule has 1 fully saturated rings. The number of carbonyl (C=O) groups is 1. The van der Waals surface area contributed by atoms with E-state index in [-0.39, 0.29) is 11.9 Å². The van der Waals surface area contributed by atoms with Crippen molar-refractivity contribution in [2.45, 2.75) is 25.5 Å². The number of carbonyl (C=O) groups excluding carboxylic acids is 1. The minimum atomic E-state index is -0.0960. The molecule has 0 spiro atoms. The van der Waals surface area contributed by atoms with E-state index < -0.39 is 0 Å². The maximum atomic E-state index is 11.3. The summed E-state index contributed by atoms with van der Waals surface area (Å²) < 4.78 is 4.74. The van der Waals surface area contributed by atoms with E-state index in [0.29, 0.717) is 0 Å². The van der Waals surface area contributed by atoms with E-state index in [0.717, 1.165) is 24.9 Å². The van der Waals surface area contributed by atoms with Gasteiger partial charge in [0, 0.05) is 30.6 Å². The molecular weight excluding hydrogens is 210 g/mol. The van der Waals surface area contributed by atoms with Crippen molar-refractivity contribution >= 4 is 17.7 Å². The van der Waals surface area contributed by atoms with Gasteiger partial charge in [-0.25, -0.2) is 0 Å². The molecule has 1 aliphatic heterocycles. The zero-order chi connectivity index (χ0) is 11.3. The van der Waals surface area contributed by atoms with E-state index in [2.05, 4.69) is 23.6 Å². The quantitative estimate of drug-likeness (QED) is 0.688. The highest BCUT2D eigenvalue weighted by molar-refractivity contribution is 8.00. The van der Waals surface area contributed by atoms with E-state index in [1.54, 1.807) is 0 Å². The minimum absolute atomic E-state index is 0.00407. The maximum Gasteiger partial charge on any atom is 0.309 e.